The Bertz CT molecular complexity index is 735. The van der Waals surface area contributed by atoms with E-state index in [1.807, 2.05) is 6.07 Å². The molecule has 2 aromatic rings. The van der Waals surface area contributed by atoms with Crippen LogP contribution in [0.1, 0.15) is 36.8 Å². The minimum absolute atomic E-state index is 0.287. The smallest absolute Gasteiger partial charge is 0.129 e. The van der Waals surface area contributed by atoms with Crippen molar-refractivity contribution in [1.29, 1.82) is 0 Å². The predicted octanol–water partition coefficient (Wildman–Crippen LogP) is 3.85. The monoisotopic (exact) mass is 341 g/mol. The highest BCUT2D eigenvalue weighted by Gasteiger charge is 2.49. The van der Waals surface area contributed by atoms with Crippen molar-refractivity contribution in [2.45, 2.75) is 49.9 Å². The maximum Gasteiger partial charge on any atom is 0.129 e. The van der Waals surface area contributed by atoms with E-state index in [0.29, 0.717) is 24.2 Å². The molecule has 0 aromatic heterocycles. The molecule has 1 N–H and O–H groups in total. The first-order chi connectivity index (χ1) is 12.1. The molecule has 2 aromatic carbocycles. The third-order valence-electron chi connectivity index (χ3n) is 5.80. The molecule has 4 heteroatoms. The molecule has 2 unspecified atom stereocenters. The lowest BCUT2D eigenvalue weighted by Gasteiger charge is -2.44. The quantitative estimate of drug-likeness (QED) is 0.917. The number of methoxy groups -OCH3 is 1. The number of hydrogen-bond donors (Lipinski definition) is 1. The molecule has 2 aliphatic heterocycles. The van der Waals surface area contributed by atoms with Crippen LogP contribution >= 0.6 is 0 Å². The average Bonchev–Trinajstić information content (AvgIpc) is 2.87. The molecule has 25 heavy (non-hydrogen) atoms. The second-order valence-corrected chi connectivity index (χ2v) is 7.33. The first-order valence-electron chi connectivity index (χ1n) is 8.95. The first kappa shape index (κ1) is 16.6. The summed E-state index contributed by atoms with van der Waals surface area (Å²) in [6.07, 6.45) is 3.26. The Labute approximate surface area is 148 Å². The van der Waals surface area contributed by atoms with Crippen LogP contribution in [0.5, 0.6) is 5.75 Å². The number of nitrogens with zero attached hydrogens (tertiary/aromatic N) is 1. The van der Waals surface area contributed by atoms with Crippen LogP contribution in [-0.4, -0.2) is 29.2 Å². The normalized spacial score (nSPS) is 28.9. The zero-order valence-electron chi connectivity index (χ0n) is 14.5. The van der Waals surface area contributed by atoms with Crippen molar-refractivity contribution in [3.63, 3.8) is 0 Å². The number of piperidine rings is 1. The summed E-state index contributed by atoms with van der Waals surface area (Å²) in [5.41, 5.74) is 0.554. The summed E-state index contributed by atoms with van der Waals surface area (Å²) in [6.45, 7) is 0.896. The Hall–Kier alpha value is -1.91. The summed E-state index contributed by atoms with van der Waals surface area (Å²) < 4.78 is 19.7. The predicted molar refractivity (Wildman–Crippen MR) is 94.9 cm³/mol. The van der Waals surface area contributed by atoms with E-state index in [1.165, 1.54) is 11.6 Å². The standard InChI is InChI=1S/C21H24FNO2/c1-25-18-9-10-20(22)19(11-18)21(24)12-16-7-8-17(13-21)23(16)14-15-5-3-2-4-6-15/h2-6,9-11,16-17,24H,7-8,12-14H2,1H3. The molecule has 4 rings (SSSR count). The minimum Gasteiger partial charge on any atom is -0.497 e. The van der Waals surface area contributed by atoms with E-state index in [9.17, 15) is 9.50 Å². The second kappa shape index (κ2) is 6.43. The summed E-state index contributed by atoms with van der Waals surface area (Å²) in [5, 5.41) is 11.3. The molecule has 2 heterocycles. The van der Waals surface area contributed by atoms with Crippen LogP contribution in [-0.2, 0) is 12.1 Å². The van der Waals surface area contributed by atoms with Gasteiger partial charge in [0.15, 0.2) is 0 Å². The fourth-order valence-electron chi connectivity index (χ4n) is 4.58. The van der Waals surface area contributed by atoms with Crippen LogP contribution in [0.15, 0.2) is 48.5 Å². The van der Waals surface area contributed by atoms with Gasteiger partial charge in [-0.05, 0) is 49.4 Å². The van der Waals surface area contributed by atoms with Crippen LogP contribution in [0.4, 0.5) is 4.39 Å². The van der Waals surface area contributed by atoms with Crippen molar-refractivity contribution < 1.29 is 14.2 Å². The molecular weight excluding hydrogens is 317 g/mol. The van der Waals surface area contributed by atoms with Crippen molar-refractivity contribution in [3.05, 3.63) is 65.5 Å². The number of hydrogen-bond acceptors (Lipinski definition) is 3. The van der Waals surface area contributed by atoms with E-state index in [2.05, 4.69) is 29.2 Å². The fraction of sp³-hybridized carbons (Fsp3) is 0.429. The van der Waals surface area contributed by atoms with Crippen LogP contribution in [0.3, 0.4) is 0 Å². The number of rotatable bonds is 4. The molecule has 2 aliphatic rings. The van der Waals surface area contributed by atoms with E-state index in [4.69, 9.17) is 4.74 Å². The molecule has 0 saturated carbocycles. The number of halogens is 1. The molecule has 0 radical (unpaired) electrons. The molecule has 2 saturated heterocycles. The van der Waals surface area contributed by atoms with Crippen molar-refractivity contribution >= 4 is 0 Å². The summed E-state index contributed by atoms with van der Waals surface area (Å²) in [6, 6.07) is 15.6. The Balaban J connectivity index is 1.58. The summed E-state index contributed by atoms with van der Waals surface area (Å²) >= 11 is 0. The van der Waals surface area contributed by atoms with Crippen LogP contribution < -0.4 is 4.74 Å². The van der Waals surface area contributed by atoms with Gasteiger partial charge in [-0.2, -0.15) is 0 Å². The van der Waals surface area contributed by atoms with Gasteiger partial charge in [-0.3, -0.25) is 4.90 Å². The van der Waals surface area contributed by atoms with E-state index in [1.54, 1.807) is 19.2 Å². The molecule has 132 valence electrons. The highest BCUT2D eigenvalue weighted by Crippen LogP contribution is 2.47. The van der Waals surface area contributed by atoms with E-state index >= 15 is 0 Å². The number of aliphatic hydroxyl groups is 1. The van der Waals surface area contributed by atoms with Gasteiger partial charge in [0.1, 0.15) is 11.6 Å². The molecule has 0 aliphatic carbocycles. The van der Waals surface area contributed by atoms with Crippen molar-refractivity contribution in [3.8, 4) is 5.75 Å². The minimum atomic E-state index is -1.11. The third kappa shape index (κ3) is 3.05. The SMILES string of the molecule is COc1ccc(F)c(C2(O)CC3CCC(C2)N3Cc2ccccc2)c1. The Morgan fingerprint density at radius 3 is 2.44 bits per heavy atom. The van der Waals surface area contributed by atoms with Gasteiger partial charge in [0.25, 0.3) is 0 Å². The molecule has 3 nitrogen and oxygen atoms in total. The van der Waals surface area contributed by atoms with E-state index in [0.717, 1.165) is 19.4 Å². The average molecular weight is 341 g/mol. The van der Waals surface area contributed by atoms with Gasteiger partial charge in [0, 0.05) is 24.2 Å². The maximum atomic E-state index is 14.4. The number of fused-ring (bicyclic) bond motifs is 2. The summed E-state index contributed by atoms with van der Waals surface area (Å²) in [7, 11) is 1.56. The molecular formula is C21H24FNO2. The van der Waals surface area contributed by atoms with Crippen molar-refractivity contribution in [2.75, 3.05) is 7.11 Å². The zero-order chi connectivity index (χ0) is 17.4. The van der Waals surface area contributed by atoms with Gasteiger partial charge in [-0.15, -0.1) is 0 Å². The molecule has 2 atom stereocenters. The summed E-state index contributed by atoms with van der Waals surface area (Å²) in [4.78, 5) is 2.49. The number of benzene rings is 2. The lowest BCUT2D eigenvalue weighted by Crippen LogP contribution is -2.49. The maximum absolute atomic E-state index is 14.4. The Morgan fingerprint density at radius 1 is 1.12 bits per heavy atom. The topological polar surface area (TPSA) is 32.7 Å². The van der Waals surface area contributed by atoms with E-state index < -0.39 is 5.60 Å². The van der Waals surface area contributed by atoms with Gasteiger partial charge >= 0.3 is 0 Å². The number of ether oxygens (including phenoxy) is 1. The molecule has 2 fully saturated rings. The highest BCUT2D eigenvalue weighted by atomic mass is 19.1. The van der Waals surface area contributed by atoms with Crippen molar-refractivity contribution in [2.24, 2.45) is 0 Å². The fourth-order valence-corrected chi connectivity index (χ4v) is 4.58. The van der Waals surface area contributed by atoms with Gasteiger partial charge in [-0.1, -0.05) is 30.3 Å². The van der Waals surface area contributed by atoms with Crippen LogP contribution in [0.25, 0.3) is 0 Å². The Morgan fingerprint density at radius 2 is 1.80 bits per heavy atom. The zero-order valence-corrected chi connectivity index (χ0v) is 14.5. The lowest BCUT2D eigenvalue weighted by atomic mass is 9.80. The van der Waals surface area contributed by atoms with Gasteiger partial charge in [-0.25, -0.2) is 4.39 Å². The third-order valence-corrected chi connectivity index (χ3v) is 5.80. The second-order valence-electron chi connectivity index (χ2n) is 7.33. The molecule has 0 spiro atoms. The Kier molecular flexibility index (Phi) is 4.26. The lowest BCUT2D eigenvalue weighted by molar-refractivity contribution is -0.0616. The molecule has 2 bridgehead atoms. The molecule has 0 amide bonds. The van der Waals surface area contributed by atoms with E-state index in [-0.39, 0.29) is 17.9 Å². The van der Waals surface area contributed by atoms with Gasteiger partial charge in [0.2, 0.25) is 0 Å². The largest absolute Gasteiger partial charge is 0.497 e. The first-order valence-corrected chi connectivity index (χ1v) is 8.95. The summed E-state index contributed by atoms with van der Waals surface area (Å²) in [5.74, 6) is 0.239. The van der Waals surface area contributed by atoms with Crippen LogP contribution in [0.2, 0.25) is 0 Å². The van der Waals surface area contributed by atoms with Crippen molar-refractivity contribution in [1.82, 2.24) is 4.90 Å². The highest BCUT2D eigenvalue weighted by molar-refractivity contribution is 5.35. The van der Waals surface area contributed by atoms with Gasteiger partial charge < -0.3 is 9.84 Å². The van der Waals surface area contributed by atoms with Crippen LogP contribution in [0, 0.1) is 5.82 Å². The van der Waals surface area contributed by atoms with Gasteiger partial charge in [0.05, 0.1) is 12.7 Å².